The second-order valence-electron chi connectivity index (χ2n) is 8.86. The SMILES string of the molecule is CC1(c2ccc(OC(F)(F)F)cc2)NC(=O)N(CC(=O)N2CCCC3CCCCC32)C1=O. The largest absolute Gasteiger partial charge is 0.573 e. The van der Waals surface area contributed by atoms with Crippen molar-refractivity contribution in [1.82, 2.24) is 15.1 Å². The minimum Gasteiger partial charge on any atom is -0.406 e. The molecule has 3 atom stereocenters. The first-order valence-corrected chi connectivity index (χ1v) is 10.9. The molecule has 0 aromatic heterocycles. The number of carbonyl (C=O) groups is 3. The minimum absolute atomic E-state index is 0.165. The van der Waals surface area contributed by atoms with Crippen LogP contribution in [-0.2, 0) is 15.1 Å². The normalized spacial score (nSPS) is 28.4. The maximum Gasteiger partial charge on any atom is 0.573 e. The number of ether oxygens (including phenoxy) is 1. The summed E-state index contributed by atoms with van der Waals surface area (Å²) in [4.78, 5) is 41.5. The van der Waals surface area contributed by atoms with Crippen molar-refractivity contribution in [2.45, 2.75) is 63.4 Å². The van der Waals surface area contributed by atoms with E-state index in [1.54, 1.807) is 0 Å². The van der Waals surface area contributed by atoms with Crippen LogP contribution in [0.4, 0.5) is 18.0 Å². The quantitative estimate of drug-likeness (QED) is 0.708. The van der Waals surface area contributed by atoms with Gasteiger partial charge >= 0.3 is 12.4 Å². The van der Waals surface area contributed by atoms with Crippen LogP contribution in [0.15, 0.2) is 24.3 Å². The molecule has 2 heterocycles. The van der Waals surface area contributed by atoms with Gasteiger partial charge in [0.2, 0.25) is 5.91 Å². The molecule has 32 heavy (non-hydrogen) atoms. The first-order valence-electron chi connectivity index (χ1n) is 10.9. The highest BCUT2D eigenvalue weighted by molar-refractivity contribution is 6.09. The Morgan fingerprint density at radius 2 is 1.78 bits per heavy atom. The van der Waals surface area contributed by atoms with Gasteiger partial charge in [-0.3, -0.25) is 14.5 Å². The second kappa shape index (κ2) is 8.29. The van der Waals surface area contributed by atoms with E-state index in [4.69, 9.17) is 0 Å². The molecular formula is C22H26F3N3O4. The molecule has 1 N–H and O–H groups in total. The smallest absolute Gasteiger partial charge is 0.406 e. The number of urea groups is 1. The molecular weight excluding hydrogens is 427 g/mol. The van der Waals surface area contributed by atoms with Crippen LogP contribution in [0.2, 0.25) is 0 Å². The fraction of sp³-hybridized carbons (Fsp3) is 0.591. The second-order valence-corrected chi connectivity index (χ2v) is 8.86. The molecule has 2 aliphatic heterocycles. The summed E-state index contributed by atoms with van der Waals surface area (Å²) in [6.07, 6.45) is 1.47. The van der Waals surface area contributed by atoms with Gasteiger partial charge in [-0.15, -0.1) is 13.2 Å². The van der Waals surface area contributed by atoms with E-state index < -0.39 is 29.6 Å². The van der Waals surface area contributed by atoms with Gasteiger partial charge < -0.3 is 15.0 Å². The van der Waals surface area contributed by atoms with Crippen molar-refractivity contribution in [1.29, 1.82) is 0 Å². The lowest BCUT2D eigenvalue weighted by Crippen LogP contribution is -2.53. The van der Waals surface area contributed by atoms with Gasteiger partial charge in [0.15, 0.2) is 0 Å². The average Bonchev–Trinajstić information content (AvgIpc) is 2.96. The third-order valence-electron chi connectivity index (χ3n) is 6.80. The van der Waals surface area contributed by atoms with E-state index in [9.17, 15) is 27.6 Å². The van der Waals surface area contributed by atoms with Crippen LogP contribution in [0.1, 0.15) is 51.0 Å². The van der Waals surface area contributed by atoms with Crippen LogP contribution in [0.25, 0.3) is 0 Å². The number of hydrogen-bond donors (Lipinski definition) is 1. The Labute approximate surface area is 183 Å². The topological polar surface area (TPSA) is 79.0 Å². The summed E-state index contributed by atoms with van der Waals surface area (Å²) in [5.74, 6) is -0.811. The maximum absolute atomic E-state index is 13.1. The predicted octanol–water partition coefficient (Wildman–Crippen LogP) is 3.53. The van der Waals surface area contributed by atoms with Crippen molar-refractivity contribution in [2.75, 3.05) is 13.1 Å². The van der Waals surface area contributed by atoms with Crippen molar-refractivity contribution in [3.63, 3.8) is 0 Å². The monoisotopic (exact) mass is 453 g/mol. The van der Waals surface area contributed by atoms with E-state index in [1.165, 1.54) is 25.5 Å². The summed E-state index contributed by atoms with van der Waals surface area (Å²) in [7, 11) is 0. The number of imide groups is 1. The van der Waals surface area contributed by atoms with Crippen LogP contribution in [0.3, 0.4) is 0 Å². The Morgan fingerprint density at radius 1 is 1.12 bits per heavy atom. The van der Waals surface area contributed by atoms with Crippen LogP contribution in [-0.4, -0.2) is 53.1 Å². The molecule has 3 unspecified atom stereocenters. The van der Waals surface area contributed by atoms with Gasteiger partial charge in [-0.2, -0.15) is 0 Å². The van der Waals surface area contributed by atoms with E-state index in [-0.39, 0.29) is 18.5 Å². The Bertz CT molecular complexity index is 903. The molecule has 0 bridgehead atoms. The van der Waals surface area contributed by atoms with E-state index in [1.807, 2.05) is 4.90 Å². The maximum atomic E-state index is 13.1. The number of carbonyl (C=O) groups excluding carboxylic acids is 3. The number of halogens is 3. The molecule has 1 saturated carbocycles. The number of benzene rings is 1. The lowest BCUT2D eigenvalue weighted by Gasteiger charge is -2.44. The fourth-order valence-corrected chi connectivity index (χ4v) is 5.19. The number of nitrogens with one attached hydrogen (secondary N) is 1. The number of hydrogen-bond acceptors (Lipinski definition) is 4. The first kappa shape index (κ1) is 22.4. The summed E-state index contributed by atoms with van der Waals surface area (Å²) in [6.45, 7) is 1.75. The molecule has 1 aliphatic carbocycles. The number of piperidine rings is 1. The van der Waals surface area contributed by atoms with E-state index in [0.717, 1.165) is 49.1 Å². The Kier molecular flexibility index (Phi) is 5.81. The average molecular weight is 453 g/mol. The molecule has 1 aromatic rings. The van der Waals surface area contributed by atoms with Crippen molar-refractivity contribution >= 4 is 17.8 Å². The molecule has 0 spiro atoms. The van der Waals surface area contributed by atoms with Gasteiger partial charge in [-0.25, -0.2) is 4.79 Å². The summed E-state index contributed by atoms with van der Waals surface area (Å²) in [6, 6.07) is 4.22. The lowest BCUT2D eigenvalue weighted by molar-refractivity contribution is -0.274. The number of likely N-dealkylation sites (tertiary alicyclic amines) is 1. The zero-order valence-corrected chi connectivity index (χ0v) is 17.8. The number of amides is 4. The molecule has 3 fully saturated rings. The molecule has 10 heteroatoms. The van der Waals surface area contributed by atoms with Gasteiger partial charge in [0.05, 0.1) is 0 Å². The zero-order valence-electron chi connectivity index (χ0n) is 17.8. The Morgan fingerprint density at radius 3 is 2.47 bits per heavy atom. The van der Waals surface area contributed by atoms with Gasteiger partial charge in [0.1, 0.15) is 17.8 Å². The molecule has 174 valence electrons. The van der Waals surface area contributed by atoms with Crippen LogP contribution in [0, 0.1) is 5.92 Å². The Hall–Kier alpha value is -2.78. The third kappa shape index (κ3) is 4.27. The van der Waals surface area contributed by atoms with Crippen LogP contribution in [0.5, 0.6) is 5.75 Å². The van der Waals surface area contributed by atoms with E-state index >= 15 is 0 Å². The molecule has 4 amide bonds. The van der Waals surface area contributed by atoms with Gasteiger partial charge in [-0.1, -0.05) is 25.0 Å². The Balaban J connectivity index is 1.47. The molecule has 4 rings (SSSR count). The standard InChI is InChI=1S/C22H26F3N3O4/c1-21(15-8-10-16(11-9-15)32-22(23,24)25)19(30)28(20(31)26-21)13-18(29)27-12-4-6-14-5-2-3-7-17(14)27/h8-11,14,17H,2-7,12-13H2,1H3,(H,26,31). The third-order valence-corrected chi connectivity index (χ3v) is 6.80. The molecule has 2 saturated heterocycles. The number of rotatable bonds is 4. The summed E-state index contributed by atoms with van der Waals surface area (Å²) in [5, 5.41) is 2.58. The van der Waals surface area contributed by atoms with E-state index in [0.29, 0.717) is 18.0 Å². The highest BCUT2D eigenvalue weighted by Crippen LogP contribution is 2.36. The van der Waals surface area contributed by atoms with Crippen molar-refractivity contribution in [3.8, 4) is 5.75 Å². The summed E-state index contributed by atoms with van der Waals surface area (Å²) < 4.78 is 41.0. The molecule has 7 nitrogen and oxygen atoms in total. The molecule has 3 aliphatic rings. The number of nitrogens with zero attached hydrogens (tertiary/aromatic N) is 2. The molecule has 0 radical (unpaired) electrons. The van der Waals surface area contributed by atoms with Gasteiger partial charge in [0.25, 0.3) is 5.91 Å². The van der Waals surface area contributed by atoms with E-state index in [2.05, 4.69) is 10.1 Å². The lowest BCUT2D eigenvalue weighted by atomic mass is 9.78. The van der Waals surface area contributed by atoms with Crippen LogP contribution < -0.4 is 10.1 Å². The number of alkyl halides is 3. The van der Waals surface area contributed by atoms with Gasteiger partial charge in [0, 0.05) is 12.6 Å². The summed E-state index contributed by atoms with van der Waals surface area (Å²) in [5.41, 5.74) is -1.19. The molecule has 1 aromatic carbocycles. The number of fused-ring (bicyclic) bond motifs is 1. The predicted molar refractivity (Wildman–Crippen MR) is 107 cm³/mol. The highest BCUT2D eigenvalue weighted by Gasteiger charge is 2.50. The van der Waals surface area contributed by atoms with Crippen molar-refractivity contribution in [3.05, 3.63) is 29.8 Å². The first-order chi connectivity index (χ1) is 15.1. The minimum atomic E-state index is -4.83. The summed E-state index contributed by atoms with van der Waals surface area (Å²) >= 11 is 0. The van der Waals surface area contributed by atoms with Gasteiger partial charge in [-0.05, 0) is 56.2 Å². The van der Waals surface area contributed by atoms with Crippen LogP contribution >= 0.6 is 0 Å². The van der Waals surface area contributed by atoms with Crippen molar-refractivity contribution in [2.24, 2.45) is 5.92 Å². The zero-order chi connectivity index (χ0) is 23.1. The van der Waals surface area contributed by atoms with Crippen molar-refractivity contribution < 1.29 is 32.3 Å². The fourth-order valence-electron chi connectivity index (χ4n) is 5.19. The highest BCUT2D eigenvalue weighted by atomic mass is 19.4.